The van der Waals surface area contributed by atoms with Crippen molar-refractivity contribution < 1.29 is 10.5 Å². The molecule has 0 saturated carbocycles. The summed E-state index contributed by atoms with van der Waals surface area (Å²) in [5.74, 6) is 0.0452. The van der Waals surface area contributed by atoms with Gasteiger partial charge in [-0.15, -0.1) is 0 Å². The van der Waals surface area contributed by atoms with Crippen molar-refractivity contribution >= 4 is 5.69 Å². The van der Waals surface area contributed by atoms with Gasteiger partial charge in [-0.05, 0) is 24.3 Å². The SMILES string of the molecule is [3H]c1ccc(Oc2cccc(F)c2[N+]#[C-])cc1. The summed E-state index contributed by atoms with van der Waals surface area (Å²) in [6.45, 7) is 6.90. The van der Waals surface area contributed by atoms with Crippen molar-refractivity contribution in [1.82, 2.24) is 0 Å². The molecule has 0 amide bonds. The van der Waals surface area contributed by atoms with E-state index in [0.717, 1.165) is 0 Å². The van der Waals surface area contributed by atoms with Crippen LogP contribution in [0.1, 0.15) is 1.37 Å². The molecule has 0 saturated heterocycles. The monoisotopic (exact) mass is 215 g/mol. The molecule has 0 N–H and O–H groups in total. The van der Waals surface area contributed by atoms with E-state index >= 15 is 0 Å². The van der Waals surface area contributed by atoms with Crippen LogP contribution in [-0.2, 0) is 0 Å². The Hall–Kier alpha value is -2.34. The molecule has 0 unspecified atom stereocenters. The van der Waals surface area contributed by atoms with E-state index in [2.05, 4.69) is 4.85 Å². The minimum atomic E-state index is -0.602. The number of hydrogen-bond acceptors (Lipinski definition) is 1. The number of para-hydroxylation sites is 2. The van der Waals surface area contributed by atoms with Gasteiger partial charge in [0.1, 0.15) is 17.3 Å². The van der Waals surface area contributed by atoms with Crippen molar-refractivity contribution in [3.8, 4) is 11.5 Å². The molecule has 2 aromatic carbocycles. The zero-order chi connectivity index (χ0) is 12.3. The number of benzene rings is 2. The molecule has 2 nitrogen and oxygen atoms in total. The van der Waals surface area contributed by atoms with Gasteiger partial charge in [0, 0.05) is 0 Å². The predicted molar refractivity (Wildman–Crippen MR) is 59.2 cm³/mol. The first kappa shape index (κ1) is 8.93. The minimum Gasteiger partial charge on any atom is -0.468 e. The molecule has 3 heteroatoms. The maximum Gasteiger partial charge on any atom is 0.263 e. The molecule has 0 atom stereocenters. The van der Waals surface area contributed by atoms with Crippen LogP contribution in [0.5, 0.6) is 11.5 Å². The van der Waals surface area contributed by atoms with Gasteiger partial charge in [0.2, 0.25) is 0 Å². The average molecular weight is 215 g/mol. The summed E-state index contributed by atoms with van der Waals surface area (Å²) in [6.07, 6.45) is 0. The Kier molecular flexibility index (Phi) is 2.48. The Balaban J connectivity index is 2.34. The highest BCUT2D eigenvalue weighted by Crippen LogP contribution is 2.33. The van der Waals surface area contributed by atoms with Gasteiger partial charge in [-0.1, -0.05) is 24.2 Å². The fourth-order valence-corrected chi connectivity index (χ4v) is 1.25. The minimum absolute atomic E-state index is 0.137. The lowest BCUT2D eigenvalue weighted by Gasteiger charge is -2.07. The van der Waals surface area contributed by atoms with Crippen LogP contribution >= 0.6 is 0 Å². The second-order valence-corrected chi connectivity index (χ2v) is 3.04. The quantitative estimate of drug-likeness (QED) is 0.685. The first-order valence-corrected chi connectivity index (χ1v) is 4.61. The maximum atomic E-state index is 13.3. The molecule has 78 valence electrons. The van der Waals surface area contributed by atoms with E-state index in [1.54, 1.807) is 24.3 Å². The molecule has 2 rings (SSSR count). The van der Waals surface area contributed by atoms with Crippen molar-refractivity contribution in [3.05, 3.63) is 65.7 Å². The summed E-state index contributed by atoms with van der Waals surface area (Å²) in [5.41, 5.74) is -0.137. The van der Waals surface area contributed by atoms with Crippen LogP contribution in [-0.4, -0.2) is 0 Å². The van der Waals surface area contributed by atoms with Crippen LogP contribution < -0.4 is 4.74 Å². The zero-order valence-corrected chi connectivity index (χ0v) is 8.27. The van der Waals surface area contributed by atoms with Crippen LogP contribution in [0.25, 0.3) is 4.85 Å². The fourth-order valence-electron chi connectivity index (χ4n) is 1.25. The van der Waals surface area contributed by atoms with Crippen molar-refractivity contribution in [1.29, 1.82) is 0 Å². The number of rotatable bonds is 2. The Labute approximate surface area is 94.1 Å². The molecule has 0 aliphatic carbocycles. The van der Waals surface area contributed by atoms with Crippen LogP contribution in [0.2, 0.25) is 0 Å². The maximum absolute atomic E-state index is 13.3. The topological polar surface area (TPSA) is 13.6 Å². The Morgan fingerprint density at radius 3 is 2.62 bits per heavy atom. The van der Waals surface area contributed by atoms with E-state index in [1.807, 2.05) is 0 Å². The number of hydrogen-bond donors (Lipinski definition) is 0. The molecule has 0 aromatic heterocycles. The van der Waals surface area contributed by atoms with Crippen LogP contribution in [0.3, 0.4) is 0 Å². The van der Waals surface area contributed by atoms with Gasteiger partial charge in [-0.3, -0.25) is 0 Å². The molecule has 0 spiro atoms. The highest BCUT2D eigenvalue weighted by Gasteiger charge is 2.09. The number of ether oxygens (including phenoxy) is 1. The normalized spacial score (nSPS) is 10.4. The summed E-state index contributed by atoms with van der Waals surface area (Å²) in [5, 5.41) is 0. The molecule has 0 heterocycles. The van der Waals surface area contributed by atoms with Gasteiger partial charge in [-0.25, -0.2) is 9.24 Å². The second kappa shape index (κ2) is 4.45. The predicted octanol–water partition coefficient (Wildman–Crippen LogP) is 4.17. The van der Waals surface area contributed by atoms with Crippen molar-refractivity contribution in [2.75, 3.05) is 0 Å². The van der Waals surface area contributed by atoms with E-state index in [-0.39, 0.29) is 11.4 Å². The number of nitrogens with zero attached hydrogens (tertiary/aromatic N) is 1. The lowest BCUT2D eigenvalue weighted by atomic mass is 10.3. The van der Waals surface area contributed by atoms with Crippen LogP contribution in [0.4, 0.5) is 10.1 Å². The first-order valence-electron chi connectivity index (χ1n) is 5.11. The lowest BCUT2D eigenvalue weighted by molar-refractivity contribution is 0.481. The Morgan fingerprint density at radius 2 is 1.94 bits per heavy atom. The van der Waals surface area contributed by atoms with Crippen molar-refractivity contribution in [2.24, 2.45) is 0 Å². The van der Waals surface area contributed by atoms with E-state index in [0.29, 0.717) is 11.8 Å². The van der Waals surface area contributed by atoms with Crippen LogP contribution in [0.15, 0.2) is 48.5 Å². The molecule has 16 heavy (non-hydrogen) atoms. The zero-order valence-electron chi connectivity index (χ0n) is 9.27. The van der Waals surface area contributed by atoms with Crippen molar-refractivity contribution in [2.45, 2.75) is 0 Å². The Bertz CT molecular complexity index is 575. The highest BCUT2D eigenvalue weighted by atomic mass is 19.1. The van der Waals surface area contributed by atoms with Gasteiger partial charge in [0.15, 0.2) is 0 Å². The van der Waals surface area contributed by atoms with Gasteiger partial charge in [0.05, 0.1) is 7.94 Å². The summed E-state index contributed by atoms with van der Waals surface area (Å²) in [4.78, 5) is 3.10. The van der Waals surface area contributed by atoms with Gasteiger partial charge < -0.3 is 4.74 Å². The summed E-state index contributed by atoms with van der Waals surface area (Å²) < 4.78 is 26.0. The fraction of sp³-hybridized carbons (Fsp3) is 0. The largest absolute Gasteiger partial charge is 0.468 e. The summed E-state index contributed by atoms with van der Waals surface area (Å²) >= 11 is 0. The van der Waals surface area contributed by atoms with Gasteiger partial charge in [-0.2, -0.15) is 0 Å². The average Bonchev–Trinajstić information content (AvgIpc) is 2.32. The molecule has 2 aromatic rings. The summed E-state index contributed by atoms with van der Waals surface area (Å²) in [6, 6.07) is 10.9. The number of halogens is 1. The van der Waals surface area contributed by atoms with Crippen molar-refractivity contribution in [3.63, 3.8) is 0 Å². The molecule has 0 aliphatic rings. The smallest absolute Gasteiger partial charge is 0.263 e. The lowest BCUT2D eigenvalue weighted by Crippen LogP contribution is -1.85. The Morgan fingerprint density at radius 1 is 1.19 bits per heavy atom. The third kappa shape index (κ3) is 2.01. The van der Waals surface area contributed by atoms with Gasteiger partial charge >= 0.3 is 0 Å². The molecular weight excluding hydrogens is 205 g/mol. The third-order valence-corrected chi connectivity index (χ3v) is 1.98. The van der Waals surface area contributed by atoms with Gasteiger partial charge in [0.25, 0.3) is 5.69 Å². The molecular formula is C13H8FNO. The molecule has 0 radical (unpaired) electrons. The highest BCUT2D eigenvalue weighted by molar-refractivity contribution is 5.59. The van der Waals surface area contributed by atoms with E-state index < -0.39 is 5.82 Å². The molecule has 0 aliphatic heterocycles. The molecule has 0 fully saturated rings. The third-order valence-electron chi connectivity index (χ3n) is 1.98. The van der Waals surface area contributed by atoms with E-state index in [4.69, 9.17) is 12.7 Å². The van der Waals surface area contributed by atoms with E-state index in [9.17, 15) is 4.39 Å². The standard InChI is InChI=1S/C13H8FNO/c1-15-13-11(14)8-5-9-12(13)16-10-6-3-2-4-7-10/h2-9H/i2T. The van der Waals surface area contributed by atoms with E-state index in [1.165, 1.54) is 18.2 Å². The first-order chi connectivity index (χ1) is 8.20. The second-order valence-electron chi connectivity index (χ2n) is 3.04. The summed E-state index contributed by atoms with van der Waals surface area (Å²) in [7, 11) is 0. The van der Waals surface area contributed by atoms with Crippen LogP contribution in [0, 0.1) is 12.4 Å². The molecule has 0 bridgehead atoms.